The van der Waals surface area contributed by atoms with Gasteiger partial charge in [-0.15, -0.1) is 0 Å². The Morgan fingerprint density at radius 2 is 1.55 bits per heavy atom. The first-order valence-corrected chi connectivity index (χ1v) is 6.60. The van der Waals surface area contributed by atoms with Crippen LogP contribution >= 0.6 is 0 Å². The van der Waals surface area contributed by atoms with Crippen LogP contribution in [0.3, 0.4) is 0 Å². The summed E-state index contributed by atoms with van der Waals surface area (Å²) in [6.07, 6.45) is 0. The predicted octanol–water partition coefficient (Wildman–Crippen LogP) is 3.62. The minimum atomic E-state index is -1.12. The number of aryl methyl sites for hydroxylation is 2. The second-order valence-electron chi connectivity index (χ2n) is 5.00. The van der Waals surface area contributed by atoms with Crippen LogP contribution in [0.1, 0.15) is 31.8 Å². The monoisotopic (exact) mass is 304 g/mol. The third kappa shape index (κ3) is 3.75. The van der Waals surface area contributed by atoms with Crippen molar-refractivity contribution >= 4 is 11.8 Å². The number of halogens is 2. The molecule has 0 fully saturated rings. The van der Waals surface area contributed by atoms with E-state index >= 15 is 0 Å². The number of Topliss-reactive ketones (excluding diaryl/α,β-unsaturated/α-hetero) is 1. The lowest BCUT2D eigenvalue weighted by molar-refractivity contribution is 0.0474. The molecule has 0 saturated carbocycles. The number of esters is 1. The third-order valence-electron chi connectivity index (χ3n) is 3.03. The van der Waals surface area contributed by atoms with E-state index in [1.165, 1.54) is 0 Å². The summed E-state index contributed by atoms with van der Waals surface area (Å²) < 4.78 is 30.8. The Bertz CT molecular complexity index is 718. The van der Waals surface area contributed by atoms with Gasteiger partial charge >= 0.3 is 5.97 Å². The molecule has 5 heteroatoms. The molecule has 3 nitrogen and oxygen atoms in total. The van der Waals surface area contributed by atoms with Crippen molar-refractivity contribution < 1.29 is 23.1 Å². The molecule has 114 valence electrons. The predicted molar refractivity (Wildman–Crippen MR) is 76.9 cm³/mol. The molecule has 0 amide bonds. The number of benzene rings is 2. The van der Waals surface area contributed by atoms with Crippen molar-refractivity contribution in [3.05, 3.63) is 70.3 Å². The lowest BCUT2D eigenvalue weighted by Crippen LogP contribution is -2.15. The van der Waals surface area contributed by atoms with Crippen LogP contribution < -0.4 is 0 Å². The Balaban J connectivity index is 2.04. The molecule has 22 heavy (non-hydrogen) atoms. The molecule has 0 unspecified atom stereocenters. The van der Waals surface area contributed by atoms with Crippen LogP contribution in [0.2, 0.25) is 0 Å². The molecule has 0 saturated heterocycles. The van der Waals surface area contributed by atoms with Crippen molar-refractivity contribution in [1.82, 2.24) is 0 Å². The number of carbonyl (C=O) groups is 2. The Labute approximate surface area is 126 Å². The molecule has 0 radical (unpaired) electrons. The highest BCUT2D eigenvalue weighted by atomic mass is 19.2. The third-order valence-corrected chi connectivity index (χ3v) is 3.03. The van der Waals surface area contributed by atoms with Gasteiger partial charge in [0.2, 0.25) is 0 Å². The van der Waals surface area contributed by atoms with E-state index in [1.54, 1.807) is 12.1 Å². The molecule has 0 aliphatic carbocycles. The molecule has 0 spiro atoms. The fraction of sp³-hybridized carbons (Fsp3) is 0.176. The highest BCUT2D eigenvalue weighted by Crippen LogP contribution is 2.12. The fourth-order valence-electron chi connectivity index (χ4n) is 2.06. The Morgan fingerprint density at radius 1 is 0.909 bits per heavy atom. The van der Waals surface area contributed by atoms with Gasteiger partial charge in [0.15, 0.2) is 24.0 Å². The average Bonchev–Trinajstić information content (AvgIpc) is 2.46. The zero-order valence-electron chi connectivity index (χ0n) is 12.2. The summed E-state index contributed by atoms with van der Waals surface area (Å²) in [4.78, 5) is 23.7. The van der Waals surface area contributed by atoms with Gasteiger partial charge in [0.05, 0.1) is 5.56 Å². The Hall–Kier alpha value is -2.56. The van der Waals surface area contributed by atoms with E-state index in [4.69, 9.17) is 4.74 Å². The second kappa shape index (κ2) is 6.47. The van der Waals surface area contributed by atoms with Crippen molar-refractivity contribution in [1.29, 1.82) is 0 Å². The number of hydrogen-bond donors (Lipinski definition) is 0. The summed E-state index contributed by atoms with van der Waals surface area (Å²) in [5.74, 6) is -3.39. The van der Waals surface area contributed by atoms with E-state index in [2.05, 4.69) is 0 Å². The van der Waals surface area contributed by atoms with Crippen LogP contribution in [-0.4, -0.2) is 18.4 Å². The van der Waals surface area contributed by atoms with E-state index in [0.29, 0.717) is 5.56 Å². The number of carbonyl (C=O) groups excluding carboxylic acids is 2. The van der Waals surface area contributed by atoms with Gasteiger partial charge in [0, 0.05) is 5.56 Å². The first-order chi connectivity index (χ1) is 10.4. The highest BCUT2D eigenvalue weighted by Gasteiger charge is 2.14. The van der Waals surface area contributed by atoms with Gasteiger partial charge in [0.25, 0.3) is 0 Å². The zero-order chi connectivity index (χ0) is 16.3. The molecule has 0 heterocycles. The SMILES string of the molecule is Cc1cc(C)cc(C(=O)OCC(=O)c2ccc(F)c(F)c2)c1. The van der Waals surface area contributed by atoms with Crippen LogP contribution in [0.5, 0.6) is 0 Å². The van der Waals surface area contributed by atoms with Crippen LogP contribution in [0.25, 0.3) is 0 Å². The van der Waals surface area contributed by atoms with Gasteiger partial charge in [0.1, 0.15) is 0 Å². The van der Waals surface area contributed by atoms with Crippen molar-refractivity contribution in [2.24, 2.45) is 0 Å². The van der Waals surface area contributed by atoms with E-state index in [1.807, 2.05) is 19.9 Å². The van der Waals surface area contributed by atoms with E-state index in [-0.39, 0.29) is 5.56 Å². The first kappa shape index (κ1) is 15.8. The minimum absolute atomic E-state index is 0.0490. The fourth-order valence-corrected chi connectivity index (χ4v) is 2.06. The van der Waals surface area contributed by atoms with Crippen molar-refractivity contribution in [2.45, 2.75) is 13.8 Å². The number of ether oxygens (including phenoxy) is 1. The van der Waals surface area contributed by atoms with Crippen molar-refractivity contribution in [2.75, 3.05) is 6.61 Å². The van der Waals surface area contributed by atoms with Gasteiger partial charge < -0.3 is 4.74 Å². The maximum absolute atomic E-state index is 13.1. The van der Waals surface area contributed by atoms with Crippen LogP contribution in [0.15, 0.2) is 36.4 Å². The molecule has 0 N–H and O–H groups in total. The number of rotatable bonds is 4. The van der Waals surface area contributed by atoms with Gasteiger partial charge in [-0.05, 0) is 44.2 Å². The molecule has 0 atom stereocenters. The van der Waals surface area contributed by atoms with Crippen LogP contribution in [-0.2, 0) is 4.74 Å². The number of hydrogen-bond acceptors (Lipinski definition) is 3. The van der Waals surface area contributed by atoms with Gasteiger partial charge in [-0.25, -0.2) is 13.6 Å². The zero-order valence-corrected chi connectivity index (χ0v) is 12.2. The van der Waals surface area contributed by atoms with Crippen LogP contribution in [0, 0.1) is 25.5 Å². The summed E-state index contributed by atoms with van der Waals surface area (Å²) in [7, 11) is 0. The molecule has 0 bridgehead atoms. The maximum atomic E-state index is 13.1. The van der Waals surface area contributed by atoms with Gasteiger partial charge in [-0.1, -0.05) is 17.2 Å². The molecular weight excluding hydrogens is 290 g/mol. The van der Waals surface area contributed by atoms with Crippen LogP contribution in [0.4, 0.5) is 8.78 Å². The summed E-state index contributed by atoms with van der Waals surface area (Å²) in [5.41, 5.74) is 2.10. The Morgan fingerprint density at radius 3 is 2.14 bits per heavy atom. The van der Waals surface area contributed by atoms with Crippen molar-refractivity contribution in [3.63, 3.8) is 0 Å². The minimum Gasteiger partial charge on any atom is -0.454 e. The first-order valence-electron chi connectivity index (χ1n) is 6.60. The smallest absolute Gasteiger partial charge is 0.338 e. The van der Waals surface area contributed by atoms with Crippen molar-refractivity contribution in [3.8, 4) is 0 Å². The van der Waals surface area contributed by atoms with Gasteiger partial charge in [-0.2, -0.15) is 0 Å². The highest BCUT2D eigenvalue weighted by molar-refractivity contribution is 5.99. The quantitative estimate of drug-likeness (QED) is 0.640. The molecule has 0 aliphatic heterocycles. The lowest BCUT2D eigenvalue weighted by atomic mass is 10.1. The van der Waals surface area contributed by atoms with Gasteiger partial charge in [-0.3, -0.25) is 4.79 Å². The largest absolute Gasteiger partial charge is 0.454 e. The maximum Gasteiger partial charge on any atom is 0.338 e. The Kier molecular flexibility index (Phi) is 4.65. The normalized spacial score (nSPS) is 10.4. The lowest BCUT2D eigenvalue weighted by Gasteiger charge is -2.06. The molecule has 0 aliphatic rings. The van der Waals surface area contributed by atoms with E-state index in [9.17, 15) is 18.4 Å². The summed E-state index contributed by atoms with van der Waals surface area (Å²) >= 11 is 0. The number of ketones is 1. The molecule has 2 aromatic carbocycles. The standard InChI is InChI=1S/C17H14F2O3/c1-10-5-11(2)7-13(6-10)17(21)22-9-16(20)12-3-4-14(18)15(19)8-12/h3-8H,9H2,1-2H3. The summed E-state index contributed by atoms with van der Waals surface area (Å²) in [5, 5.41) is 0. The molecule has 2 rings (SSSR count). The average molecular weight is 304 g/mol. The van der Waals surface area contributed by atoms with E-state index in [0.717, 1.165) is 29.3 Å². The second-order valence-corrected chi connectivity index (χ2v) is 5.00. The summed E-state index contributed by atoms with van der Waals surface area (Å²) in [6.45, 7) is 3.16. The summed E-state index contributed by atoms with van der Waals surface area (Å²) in [6, 6.07) is 7.99. The molecular formula is C17H14F2O3. The molecule has 0 aromatic heterocycles. The van der Waals surface area contributed by atoms with E-state index < -0.39 is 30.0 Å². The molecule has 2 aromatic rings. The topological polar surface area (TPSA) is 43.4 Å².